The van der Waals surface area contributed by atoms with E-state index in [-0.39, 0.29) is 29.4 Å². The lowest BCUT2D eigenvalue weighted by Crippen LogP contribution is -2.57. The lowest BCUT2D eigenvalue weighted by molar-refractivity contribution is 0.0626. The van der Waals surface area contributed by atoms with E-state index in [1.54, 1.807) is 24.3 Å². The van der Waals surface area contributed by atoms with E-state index in [2.05, 4.69) is 10.2 Å². The first-order valence-corrected chi connectivity index (χ1v) is 9.32. The molecule has 3 heterocycles. The summed E-state index contributed by atoms with van der Waals surface area (Å²) in [6.45, 7) is 0.00906. The number of nitrogens with zero attached hydrogens (tertiary/aromatic N) is 4. The summed E-state index contributed by atoms with van der Waals surface area (Å²) in [6, 6.07) is 7.76. The number of para-hydroxylation sites is 1. The molecular formula is C16H14N4O5S. The molecule has 1 aliphatic rings. The molecular weight excluding hydrogens is 360 g/mol. The normalized spacial score (nSPS) is 15.2. The topological polar surface area (TPSA) is 115 Å². The zero-order valence-corrected chi connectivity index (χ0v) is 14.5. The Labute approximate surface area is 147 Å². The fourth-order valence-electron chi connectivity index (χ4n) is 2.84. The summed E-state index contributed by atoms with van der Waals surface area (Å²) in [5, 5.41) is 6.69. The van der Waals surface area contributed by atoms with Crippen molar-refractivity contribution in [3.63, 3.8) is 0 Å². The van der Waals surface area contributed by atoms with Gasteiger partial charge in [-0.25, -0.2) is 8.42 Å². The minimum absolute atomic E-state index is 0.00453. The molecule has 0 N–H and O–H groups in total. The van der Waals surface area contributed by atoms with Crippen LogP contribution in [-0.4, -0.2) is 52.3 Å². The molecule has 0 spiro atoms. The Morgan fingerprint density at radius 2 is 2.00 bits per heavy atom. The van der Waals surface area contributed by atoms with Crippen molar-refractivity contribution in [2.75, 3.05) is 13.1 Å². The van der Waals surface area contributed by atoms with Gasteiger partial charge in [0.2, 0.25) is 15.0 Å². The Balaban J connectivity index is 1.55. The third-order valence-corrected chi connectivity index (χ3v) is 6.40. The molecule has 9 nitrogen and oxygen atoms in total. The second kappa shape index (κ2) is 5.77. The highest BCUT2D eigenvalue weighted by molar-refractivity contribution is 7.92. The molecule has 0 aliphatic carbocycles. The summed E-state index contributed by atoms with van der Waals surface area (Å²) < 4.78 is 31.8. The number of hydrogen-bond donors (Lipinski definition) is 0. The van der Waals surface area contributed by atoms with Crippen LogP contribution in [0.5, 0.6) is 0 Å². The van der Waals surface area contributed by atoms with Crippen LogP contribution in [0.2, 0.25) is 0 Å². The Bertz CT molecular complexity index is 1170. The maximum absolute atomic E-state index is 12.5. The summed E-state index contributed by atoms with van der Waals surface area (Å²) in [5.41, 5.74) is -0.00823. The molecule has 0 bridgehead atoms. The van der Waals surface area contributed by atoms with E-state index in [9.17, 15) is 18.0 Å². The molecule has 1 aliphatic heterocycles. The predicted octanol–water partition coefficient (Wildman–Crippen LogP) is 0.220. The lowest BCUT2D eigenvalue weighted by Gasteiger charge is -2.37. The second-order valence-electron chi connectivity index (χ2n) is 6.07. The summed E-state index contributed by atoms with van der Waals surface area (Å²) in [6.07, 6.45) is 1.30. The first-order chi connectivity index (χ1) is 12.4. The van der Waals surface area contributed by atoms with E-state index in [0.717, 1.165) is 6.07 Å². The molecule has 134 valence electrons. The first kappa shape index (κ1) is 16.5. The number of carbonyl (C=O) groups excluding carboxylic acids is 1. The highest BCUT2D eigenvalue weighted by Gasteiger charge is 2.43. The Morgan fingerprint density at radius 1 is 1.27 bits per heavy atom. The van der Waals surface area contributed by atoms with E-state index in [1.807, 2.05) is 0 Å². The molecule has 4 rings (SSSR count). The summed E-state index contributed by atoms with van der Waals surface area (Å²) in [5.74, 6) is -0.625. The lowest BCUT2D eigenvalue weighted by atomic mass is 10.1. The maximum atomic E-state index is 12.5. The average Bonchev–Trinajstić information content (AvgIpc) is 3.00. The first-order valence-electron chi connectivity index (χ1n) is 7.78. The van der Waals surface area contributed by atoms with Gasteiger partial charge in [-0.1, -0.05) is 12.1 Å². The molecule has 0 unspecified atom stereocenters. The van der Waals surface area contributed by atoms with Crippen LogP contribution in [0.1, 0.15) is 10.6 Å². The van der Waals surface area contributed by atoms with Gasteiger partial charge in [0.05, 0.1) is 5.39 Å². The fraction of sp³-hybridized carbons (Fsp3) is 0.250. The third kappa shape index (κ3) is 2.49. The standard InChI is InChI=1S/C16H14N4O5S/c1-19-9-17-18-16(19)26(23,24)10-7-20(8-10)15(22)14-6-12(21)11-4-2-3-5-13(11)25-14/h2-6,9-10H,7-8H2,1H3. The molecule has 3 aromatic rings. The van der Waals surface area contributed by atoms with Gasteiger partial charge >= 0.3 is 0 Å². The Hall–Kier alpha value is -3.01. The van der Waals surface area contributed by atoms with Crippen LogP contribution >= 0.6 is 0 Å². The highest BCUT2D eigenvalue weighted by Crippen LogP contribution is 2.24. The maximum Gasteiger partial charge on any atom is 0.289 e. The number of sulfone groups is 1. The van der Waals surface area contributed by atoms with Gasteiger partial charge in [0, 0.05) is 26.2 Å². The molecule has 26 heavy (non-hydrogen) atoms. The zero-order valence-electron chi connectivity index (χ0n) is 13.7. The average molecular weight is 374 g/mol. The molecule has 1 amide bonds. The molecule has 1 fully saturated rings. The molecule has 2 aromatic heterocycles. The molecule has 10 heteroatoms. The van der Waals surface area contributed by atoms with Crippen LogP contribution in [0.4, 0.5) is 0 Å². The van der Waals surface area contributed by atoms with Gasteiger partial charge in [-0.3, -0.25) is 9.59 Å². The van der Waals surface area contributed by atoms with E-state index < -0.39 is 21.0 Å². The number of fused-ring (bicyclic) bond motifs is 1. The summed E-state index contributed by atoms with van der Waals surface area (Å²) >= 11 is 0. The zero-order chi connectivity index (χ0) is 18.5. The van der Waals surface area contributed by atoms with Gasteiger partial charge in [0.15, 0.2) is 11.2 Å². The van der Waals surface area contributed by atoms with Crippen molar-refractivity contribution in [2.24, 2.45) is 7.05 Å². The Morgan fingerprint density at radius 3 is 2.69 bits per heavy atom. The van der Waals surface area contributed by atoms with Gasteiger partial charge in [0.1, 0.15) is 17.2 Å². The number of hydrogen-bond acceptors (Lipinski definition) is 7. The van der Waals surface area contributed by atoms with Crippen molar-refractivity contribution in [2.45, 2.75) is 10.4 Å². The van der Waals surface area contributed by atoms with Crippen molar-refractivity contribution in [1.29, 1.82) is 0 Å². The Kier molecular flexibility index (Phi) is 3.65. The minimum atomic E-state index is -3.68. The van der Waals surface area contributed by atoms with Crippen LogP contribution in [0, 0.1) is 0 Å². The molecule has 0 saturated carbocycles. The monoisotopic (exact) mass is 374 g/mol. The highest BCUT2D eigenvalue weighted by atomic mass is 32.2. The predicted molar refractivity (Wildman–Crippen MR) is 90.4 cm³/mol. The van der Waals surface area contributed by atoms with Crippen molar-refractivity contribution in [3.8, 4) is 0 Å². The quantitative estimate of drug-likeness (QED) is 0.644. The summed E-state index contributed by atoms with van der Waals surface area (Å²) in [4.78, 5) is 25.9. The van der Waals surface area contributed by atoms with Gasteiger partial charge in [-0.15, -0.1) is 10.2 Å². The SMILES string of the molecule is Cn1cnnc1S(=O)(=O)C1CN(C(=O)c2cc(=O)c3ccccc3o2)C1. The molecule has 1 aromatic carbocycles. The number of carbonyl (C=O) groups is 1. The number of aromatic nitrogens is 3. The van der Waals surface area contributed by atoms with E-state index in [1.165, 1.54) is 22.8 Å². The van der Waals surface area contributed by atoms with Crippen molar-refractivity contribution < 1.29 is 17.6 Å². The van der Waals surface area contributed by atoms with Gasteiger partial charge in [0.25, 0.3) is 5.91 Å². The van der Waals surface area contributed by atoms with Crippen LogP contribution < -0.4 is 5.43 Å². The largest absolute Gasteiger partial charge is 0.451 e. The van der Waals surface area contributed by atoms with Crippen molar-refractivity contribution >= 4 is 26.7 Å². The second-order valence-corrected chi connectivity index (χ2v) is 8.19. The van der Waals surface area contributed by atoms with Crippen molar-refractivity contribution in [3.05, 3.63) is 52.6 Å². The van der Waals surface area contributed by atoms with Crippen LogP contribution in [0.15, 0.2) is 51.0 Å². The van der Waals surface area contributed by atoms with Crippen LogP contribution in [-0.2, 0) is 16.9 Å². The molecule has 0 radical (unpaired) electrons. The number of likely N-dealkylation sites (tertiary alicyclic amines) is 1. The number of rotatable bonds is 3. The van der Waals surface area contributed by atoms with Gasteiger partial charge < -0.3 is 13.9 Å². The van der Waals surface area contributed by atoms with Crippen molar-refractivity contribution in [1.82, 2.24) is 19.7 Å². The summed E-state index contributed by atoms with van der Waals surface area (Å²) in [7, 11) is -2.14. The third-order valence-electron chi connectivity index (χ3n) is 4.34. The number of amides is 1. The van der Waals surface area contributed by atoms with E-state index >= 15 is 0 Å². The smallest absolute Gasteiger partial charge is 0.289 e. The molecule has 1 saturated heterocycles. The van der Waals surface area contributed by atoms with Gasteiger partial charge in [-0.2, -0.15) is 0 Å². The van der Waals surface area contributed by atoms with Crippen LogP contribution in [0.25, 0.3) is 11.0 Å². The number of aryl methyl sites for hydroxylation is 1. The van der Waals surface area contributed by atoms with Crippen LogP contribution in [0.3, 0.4) is 0 Å². The molecule has 0 atom stereocenters. The van der Waals surface area contributed by atoms with Gasteiger partial charge in [-0.05, 0) is 12.1 Å². The van der Waals surface area contributed by atoms with E-state index in [4.69, 9.17) is 4.42 Å². The minimum Gasteiger partial charge on any atom is -0.451 e. The fourth-order valence-corrected chi connectivity index (χ4v) is 4.50. The van der Waals surface area contributed by atoms with E-state index in [0.29, 0.717) is 11.0 Å². The number of benzene rings is 1.